The van der Waals surface area contributed by atoms with Gasteiger partial charge >= 0.3 is 0 Å². The van der Waals surface area contributed by atoms with Crippen LogP contribution in [0.25, 0.3) is 10.9 Å². The summed E-state index contributed by atoms with van der Waals surface area (Å²) < 4.78 is 5.29. The Balaban J connectivity index is 1.64. The van der Waals surface area contributed by atoms with E-state index in [0.29, 0.717) is 17.9 Å². The number of carbonyl (C=O) groups excluding carboxylic acids is 2. The van der Waals surface area contributed by atoms with Crippen LogP contribution < -0.4 is 9.64 Å². The molecule has 1 aliphatic rings. The average molecular weight is 403 g/mol. The van der Waals surface area contributed by atoms with E-state index in [1.165, 1.54) is 0 Å². The molecule has 0 radical (unpaired) electrons. The molecule has 1 aliphatic heterocycles. The molecule has 2 amide bonds. The van der Waals surface area contributed by atoms with Crippen molar-refractivity contribution in [2.75, 3.05) is 25.1 Å². The monoisotopic (exact) mass is 403 g/mol. The highest BCUT2D eigenvalue weighted by Gasteiger charge is 2.34. The maximum Gasteiger partial charge on any atom is 0.255 e. The number of aromatic nitrogens is 1. The van der Waals surface area contributed by atoms with Crippen molar-refractivity contribution in [3.05, 3.63) is 65.4 Å². The summed E-state index contributed by atoms with van der Waals surface area (Å²) in [4.78, 5) is 34.4. The van der Waals surface area contributed by atoms with Gasteiger partial charge in [0.1, 0.15) is 12.3 Å². The van der Waals surface area contributed by atoms with Crippen LogP contribution in [0.15, 0.2) is 48.5 Å². The number of hydrogen-bond acceptors (Lipinski definition) is 4. The van der Waals surface area contributed by atoms with Crippen molar-refractivity contribution in [3.63, 3.8) is 0 Å². The van der Waals surface area contributed by atoms with Crippen LogP contribution >= 0.6 is 0 Å². The third-order valence-electron chi connectivity index (χ3n) is 5.46. The number of piperazine rings is 1. The number of anilines is 1. The minimum atomic E-state index is -0.154. The highest BCUT2D eigenvalue weighted by Crippen LogP contribution is 2.27. The molecule has 1 saturated heterocycles. The number of ether oxygens (including phenoxy) is 1. The highest BCUT2D eigenvalue weighted by molar-refractivity contribution is 6.08. The van der Waals surface area contributed by atoms with E-state index >= 15 is 0 Å². The molecule has 30 heavy (non-hydrogen) atoms. The van der Waals surface area contributed by atoms with E-state index < -0.39 is 0 Å². The van der Waals surface area contributed by atoms with Crippen LogP contribution in [0.2, 0.25) is 0 Å². The van der Waals surface area contributed by atoms with Gasteiger partial charge in [0.05, 0.1) is 24.2 Å². The van der Waals surface area contributed by atoms with E-state index in [9.17, 15) is 9.59 Å². The van der Waals surface area contributed by atoms with Gasteiger partial charge in [-0.15, -0.1) is 0 Å². The lowest BCUT2D eigenvalue weighted by Gasteiger charge is -2.39. The van der Waals surface area contributed by atoms with E-state index in [2.05, 4.69) is 4.98 Å². The molecule has 3 aromatic rings. The Labute approximate surface area is 176 Å². The molecule has 1 fully saturated rings. The average Bonchev–Trinajstić information content (AvgIpc) is 2.72. The number of methoxy groups -OCH3 is 1. The van der Waals surface area contributed by atoms with Gasteiger partial charge in [0.15, 0.2) is 0 Å². The van der Waals surface area contributed by atoms with Crippen LogP contribution in [0.3, 0.4) is 0 Å². The molecule has 2 heterocycles. The van der Waals surface area contributed by atoms with Gasteiger partial charge in [0, 0.05) is 29.4 Å². The highest BCUT2D eigenvalue weighted by atomic mass is 16.5. The summed E-state index contributed by atoms with van der Waals surface area (Å²) in [5.41, 5.74) is 4.01. The summed E-state index contributed by atoms with van der Waals surface area (Å²) in [7, 11) is 1.60. The molecular weight excluding hydrogens is 378 g/mol. The molecule has 6 heteroatoms. The Morgan fingerprint density at radius 3 is 2.67 bits per heavy atom. The zero-order chi connectivity index (χ0) is 21.4. The van der Waals surface area contributed by atoms with Gasteiger partial charge in [0.2, 0.25) is 5.91 Å². The maximum absolute atomic E-state index is 13.4. The number of pyridine rings is 1. The smallest absolute Gasteiger partial charge is 0.255 e. The fraction of sp³-hybridized carbons (Fsp3) is 0.292. The standard InChI is InChI=1S/C24H25N3O3/c1-15-8-9-22-20(10-15)21(11-16(2)25-22)24(29)26-13-17(3)27(23(28)14-26)18-6-5-7-19(12-18)30-4/h5-12,17H,13-14H2,1-4H3/t17-/m1/s1. The quantitative estimate of drug-likeness (QED) is 0.668. The third-order valence-corrected chi connectivity index (χ3v) is 5.46. The predicted molar refractivity (Wildman–Crippen MR) is 117 cm³/mol. The van der Waals surface area contributed by atoms with Gasteiger partial charge in [-0.3, -0.25) is 14.6 Å². The summed E-state index contributed by atoms with van der Waals surface area (Å²) in [6, 6.07) is 15.0. The van der Waals surface area contributed by atoms with E-state index in [1.54, 1.807) is 16.9 Å². The molecule has 1 aromatic heterocycles. The summed E-state index contributed by atoms with van der Waals surface area (Å²) in [6.07, 6.45) is 0. The summed E-state index contributed by atoms with van der Waals surface area (Å²) in [5, 5.41) is 0.820. The van der Waals surface area contributed by atoms with Crippen molar-refractivity contribution in [2.24, 2.45) is 0 Å². The lowest BCUT2D eigenvalue weighted by molar-refractivity contribution is -0.121. The molecule has 0 N–H and O–H groups in total. The van der Waals surface area contributed by atoms with Gasteiger partial charge in [-0.2, -0.15) is 0 Å². The van der Waals surface area contributed by atoms with Gasteiger partial charge in [-0.25, -0.2) is 0 Å². The first-order chi connectivity index (χ1) is 14.4. The number of fused-ring (bicyclic) bond motifs is 1. The second kappa shape index (κ2) is 7.78. The van der Waals surface area contributed by atoms with E-state index in [1.807, 2.05) is 69.3 Å². The van der Waals surface area contributed by atoms with Gasteiger partial charge in [-0.1, -0.05) is 17.7 Å². The second-order valence-corrected chi connectivity index (χ2v) is 7.83. The van der Waals surface area contributed by atoms with Gasteiger partial charge < -0.3 is 14.5 Å². The van der Waals surface area contributed by atoms with E-state index in [-0.39, 0.29) is 24.4 Å². The first kappa shape index (κ1) is 19.9. The van der Waals surface area contributed by atoms with Crippen LogP contribution in [0.4, 0.5) is 5.69 Å². The third kappa shape index (κ3) is 3.61. The number of nitrogens with zero attached hydrogens (tertiary/aromatic N) is 3. The summed E-state index contributed by atoms with van der Waals surface area (Å²) in [6.45, 7) is 6.32. The van der Waals surface area contributed by atoms with Crippen molar-refractivity contribution in [2.45, 2.75) is 26.8 Å². The SMILES string of the molecule is COc1cccc(N2C(=O)CN(C(=O)c3cc(C)nc4ccc(C)cc34)C[C@H]2C)c1. The largest absolute Gasteiger partial charge is 0.497 e. The number of hydrogen-bond donors (Lipinski definition) is 0. The number of amides is 2. The fourth-order valence-electron chi connectivity index (χ4n) is 4.08. The Kier molecular flexibility index (Phi) is 5.16. The molecule has 0 spiro atoms. The Hall–Kier alpha value is -3.41. The minimum Gasteiger partial charge on any atom is -0.497 e. The maximum atomic E-state index is 13.4. The van der Waals surface area contributed by atoms with Crippen molar-refractivity contribution in [1.29, 1.82) is 0 Å². The molecule has 0 aliphatic carbocycles. The molecular formula is C24H25N3O3. The predicted octanol–water partition coefficient (Wildman–Crippen LogP) is 3.74. The van der Waals surface area contributed by atoms with Crippen LogP contribution in [0.1, 0.15) is 28.5 Å². The lowest BCUT2D eigenvalue weighted by atomic mass is 10.0. The van der Waals surface area contributed by atoms with Gasteiger partial charge in [-0.05, 0) is 51.1 Å². The number of benzene rings is 2. The molecule has 6 nitrogen and oxygen atoms in total. The topological polar surface area (TPSA) is 62.7 Å². The van der Waals surface area contributed by atoms with Crippen molar-refractivity contribution >= 4 is 28.4 Å². The zero-order valence-corrected chi connectivity index (χ0v) is 17.7. The van der Waals surface area contributed by atoms with Crippen LogP contribution in [-0.2, 0) is 4.79 Å². The fourth-order valence-corrected chi connectivity index (χ4v) is 4.08. The lowest BCUT2D eigenvalue weighted by Crippen LogP contribution is -2.57. The van der Waals surface area contributed by atoms with Gasteiger partial charge in [0.25, 0.3) is 5.91 Å². The zero-order valence-electron chi connectivity index (χ0n) is 17.7. The normalized spacial score (nSPS) is 16.8. The minimum absolute atomic E-state index is 0.0368. The Bertz CT molecular complexity index is 1140. The Morgan fingerprint density at radius 2 is 1.93 bits per heavy atom. The molecule has 0 unspecified atom stereocenters. The summed E-state index contributed by atoms with van der Waals surface area (Å²) >= 11 is 0. The number of aryl methyl sites for hydroxylation is 2. The molecule has 2 aromatic carbocycles. The first-order valence-electron chi connectivity index (χ1n) is 10.0. The molecule has 1 atom stereocenters. The van der Waals surface area contributed by atoms with Crippen molar-refractivity contribution < 1.29 is 14.3 Å². The number of rotatable bonds is 3. The Morgan fingerprint density at radius 1 is 1.13 bits per heavy atom. The molecule has 154 valence electrons. The molecule has 0 saturated carbocycles. The van der Waals surface area contributed by atoms with Crippen LogP contribution in [-0.4, -0.2) is 47.9 Å². The second-order valence-electron chi connectivity index (χ2n) is 7.83. The van der Waals surface area contributed by atoms with Crippen molar-refractivity contribution in [3.8, 4) is 5.75 Å². The van der Waals surface area contributed by atoms with Crippen LogP contribution in [0, 0.1) is 13.8 Å². The van der Waals surface area contributed by atoms with E-state index in [4.69, 9.17) is 4.74 Å². The van der Waals surface area contributed by atoms with Crippen LogP contribution in [0.5, 0.6) is 5.75 Å². The summed E-state index contributed by atoms with van der Waals surface area (Å²) in [5.74, 6) is 0.448. The van der Waals surface area contributed by atoms with Crippen molar-refractivity contribution in [1.82, 2.24) is 9.88 Å². The first-order valence-corrected chi connectivity index (χ1v) is 10.0. The molecule has 0 bridgehead atoms. The van der Waals surface area contributed by atoms with E-state index in [0.717, 1.165) is 27.8 Å². The molecule has 4 rings (SSSR count). The number of carbonyl (C=O) groups is 2.